The first-order valence-corrected chi connectivity index (χ1v) is 11.7. The van der Waals surface area contributed by atoms with Crippen LogP contribution in [0.3, 0.4) is 0 Å². The third kappa shape index (κ3) is 6.17. The molecule has 0 bridgehead atoms. The fourth-order valence-electron chi connectivity index (χ4n) is 4.58. The van der Waals surface area contributed by atoms with E-state index in [1.807, 2.05) is 7.05 Å². The zero-order chi connectivity index (χ0) is 20.1. The lowest BCUT2D eigenvalue weighted by Gasteiger charge is -2.32. The number of aryl methyl sites for hydroxylation is 1. The molecule has 2 aromatic rings. The van der Waals surface area contributed by atoms with Crippen molar-refractivity contribution in [2.24, 2.45) is 10.9 Å². The maximum atomic E-state index is 4.61. The number of hydrogen-bond donors (Lipinski definition) is 1. The Morgan fingerprint density at radius 3 is 2.60 bits per heavy atom. The summed E-state index contributed by atoms with van der Waals surface area (Å²) in [7, 11) is 1.91. The van der Waals surface area contributed by atoms with E-state index in [0.29, 0.717) is 5.92 Å². The van der Waals surface area contributed by atoms with Crippen molar-refractivity contribution in [3.63, 3.8) is 0 Å². The second kappa shape index (κ2) is 11.4. The Labute approximate surface area is 202 Å². The number of hydrogen-bond acceptors (Lipinski definition) is 4. The normalized spacial score (nSPS) is 20.9. The van der Waals surface area contributed by atoms with E-state index in [2.05, 4.69) is 67.7 Å². The summed E-state index contributed by atoms with van der Waals surface area (Å²) in [5, 5.41) is 7.04. The van der Waals surface area contributed by atoms with Gasteiger partial charge in [-0.25, -0.2) is 4.98 Å². The summed E-state index contributed by atoms with van der Waals surface area (Å²) in [5.41, 5.74) is 2.68. The molecule has 3 heterocycles. The number of halogens is 1. The molecule has 2 saturated heterocycles. The molecule has 2 fully saturated rings. The van der Waals surface area contributed by atoms with Crippen molar-refractivity contribution in [2.75, 3.05) is 39.8 Å². The van der Waals surface area contributed by atoms with Crippen LogP contribution in [0.1, 0.15) is 41.4 Å². The molecule has 1 N–H and O–H groups in total. The standard InChI is InChI=1S/C23H33N5S.HI/c1-18-26-22(17-29-18)16-27-11-8-19(9-12-27)14-25-23(24-2)28-13-10-21(15-28)20-6-4-3-5-7-20;/h3-7,17,19,21H,8-16H2,1-2H3,(H,24,25);1H. The van der Waals surface area contributed by atoms with Gasteiger partial charge < -0.3 is 10.2 Å². The number of piperidine rings is 1. The van der Waals surface area contributed by atoms with Crippen molar-refractivity contribution in [3.8, 4) is 0 Å². The molecule has 2 aliphatic rings. The van der Waals surface area contributed by atoms with Crippen molar-refractivity contribution in [2.45, 2.75) is 38.6 Å². The first-order chi connectivity index (χ1) is 14.2. The lowest BCUT2D eigenvalue weighted by Crippen LogP contribution is -2.44. The number of rotatable bonds is 5. The van der Waals surface area contributed by atoms with Crippen LogP contribution < -0.4 is 5.32 Å². The SMILES string of the molecule is CN=C(NCC1CCN(Cc2csc(C)n2)CC1)N1CCC(c2ccccc2)C1.I. The second-order valence-electron chi connectivity index (χ2n) is 8.35. The number of nitrogens with zero attached hydrogens (tertiary/aromatic N) is 4. The Kier molecular flexibility index (Phi) is 8.95. The molecule has 1 aromatic carbocycles. The summed E-state index contributed by atoms with van der Waals surface area (Å²) in [6.45, 7) is 8.60. The van der Waals surface area contributed by atoms with E-state index in [1.54, 1.807) is 11.3 Å². The number of guanidine groups is 1. The first-order valence-electron chi connectivity index (χ1n) is 10.8. The molecule has 1 unspecified atom stereocenters. The molecule has 7 heteroatoms. The van der Waals surface area contributed by atoms with Crippen LogP contribution in [-0.2, 0) is 6.54 Å². The summed E-state index contributed by atoms with van der Waals surface area (Å²) in [5.74, 6) is 2.42. The van der Waals surface area contributed by atoms with E-state index in [0.717, 1.165) is 38.1 Å². The highest BCUT2D eigenvalue weighted by Crippen LogP contribution is 2.27. The van der Waals surface area contributed by atoms with Crippen LogP contribution in [0.5, 0.6) is 0 Å². The number of thiazole rings is 1. The van der Waals surface area contributed by atoms with Crippen molar-refractivity contribution in [3.05, 3.63) is 52.0 Å². The Hall–Kier alpha value is -1.19. The third-order valence-electron chi connectivity index (χ3n) is 6.28. The van der Waals surface area contributed by atoms with Gasteiger partial charge in [0.2, 0.25) is 0 Å². The molecule has 4 rings (SSSR count). The van der Waals surface area contributed by atoms with E-state index in [4.69, 9.17) is 0 Å². The van der Waals surface area contributed by atoms with E-state index in [9.17, 15) is 0 Å². The lowest BCUT2D eigenvalue weighted by molar-refractivity contribution is 0.176. The molecule has 164 valence electrons. The van der Waals surface area contributed by atoms with E-state index >= 15 is 0 Å². The van der Waals surface area contributed by atoms with Gasteiger partial charge in [0.05, 0.1) is 10.7 Å². The third-order valence-corrected chi connectivity index (χ3v) is 7.10. The predicted octanol–water partition coefficient (Wildman–Crippen LogP) is 4.35. The Morgan fingerprint density at radius 2 is 1.93 bits per heavy atom. The summed E-state index contributed by atoms with van der Waals surface area (Å²) < 4.78 is 0. The highest BCUT2D eigenvalue weighted by atomic mass is 127. The van der Waals surface area contributed by atoms with E-state index in [1.165, 1.54) is 48.6 Å². The van der Waals surface area contributed by atoms with Gasteiger partial charge in [0.25, 0.3) is 0 Å². The van der Waals surface area contributed by atoms with Gasteiger partial charge in [-0.1, -0.05) is 30.3 Å². The molecule has 0 spiro atoms. The summed E-state index contributed by atoms with van der Waals surface area (Å²) >= 11 is 1.75. The minimum absolute atomic E-state index is 0. The van der Waals surface area contributed by atoms with Crippen LogP contribution in [0.25, 0.3) is 0 Å². The summed E-state index contributed by atoms with van der Waals surface area (Å²) in [4.78, 5) is 14.2. The predicted molar refractivity (Wildman–Crippen MR) is 137 cm³/mol. The van der Waals surface area contributed by atoms with Crippen LogP contribution in [0.4, 0.5) is 0 Å². The van der Waals surface area contributed by atoms with Crippen molar-refractivity contribution >= 4 is 41.3 Å². The molecule has 0 saturated carbocycles. The molecule has 2 aliphatic heterocycles. The highest BCUT2D eigenvalue weighted by molar-refractivity contribution is 14.0. The minimum atomic E-state index is 0. The Morgan fingerprint density at radius 1 is 1.17 bits per heavy atom. The smallest absolute Gasteiger partial charge is 0.193 e. The molecular formula is C23H34IN5S. The van der Waals surface area contributed by atoms with Crippen LogP contribution in [-0.4, -0.2) is 60.5 Å². The van der Waals surface area contributed by atoms with Crippen LogP contribution in [0.2, 0.25) is 0 Å². The average molecular weight is 540 g/mol. The van der Waals surface area contributed by atoms with Crippen LogP contribution in [0, 0.1) is 12.8 Å². The minimum Gasteiger partial charge on any atom is -0.356 e. The van der Waals surface area contributed by atoms with E-state index in [-0.39, 0.29) is 24.0 Å². The number of likely N-dealkylation sites (tertiary alicyclic amines) is 2. The molecule has 0 amide bonds. The molecule has 1 aromatic heterocycles. The van der Waals surface area contributed by atoms with Gasteiger partial charge in [0.1, 0.15) is 0 Å². The molecular weight excluding hydrogens is 505 g/mol. The lowest BCUT2D eigenvalue weighted by atomic mass is 9.97. The zero-order valence-corrected chi connectivity index (χ0v) is 21.2. The van der Waals surface area contributed by atoms with Crippen molar-refractivity contribution in [1.29, 1.82) is 0 Å². The van der Waals surface area contributed by atoms with Crippen molar-refractivity contribution < 1.29 is 0 Å². The average Bonchev–Trinajstić information content (AvgIpc) is 3.40. The molecule has 5 nitrogen and oxygen atoms in total. The highest BCUT2D eigenvalue weighted by Gasteiger charge is 2.27. The van der Waals surface area contributed by atoms with Gasteiger partial charge >= 0.3 is 0 Å². The Bertz CT molecular complexity index is 801. The van der Waals surface area contributed by atoms with Crippen LogP contribution in [0.15, 0.2) is 40.7 Å². The fraction of sp³-hybridized carbons (Fsp3) is 0.565. The van der Waals surface area contributed by atoms with Gasteiger partial charge in [-0.05, 0) is 50.8 Å². The number of aliphatic imine (C=N–C) groups is 1. The monoisotopic (exact) mass is 539 g/mol. The molecule has 0 aliphatic carbocycles. The topological polar surface area (TPSA) is 43.8 Å². The first kappa shape index (κ1) is 23.5. The van der Waals surface area contributed by atoms with Gasteiger partial charge in [-0.3, -0.25) is 9.89 Å². The maximum absolute atomic E-state index is 4.61. The van der Waals surface area contributed by atoms with Gasteiger partial charge in [0.15, 0.2) is 5.96 Å². The number of nitrogens with one attached hydrogen (secondary N) is 1. The molecule has 1 atom stereocenters. The summed E-state index contributed by atoms with van der Waals surface area (Å²) in [6, 6.07) is 10.9. The maximum Gasteiger partial charge on any atom is 0.193 e. The fourth-order valence-corrected chi connectivity index (χ4v) is 5.18. The van der Waals surface area contributed by atoms with Crippen LogP contribution >= 0.6 is 35.3 Å². The van der Waals surface area contributed by atoms with Gasteiger partial charge in [-0.2, -0.15) is 0 Å². The number of benzene rings is 1. The number of aromatic nitrogens is 1. The quantitative estimate of drug-likeness (QED) is 0.349. The summed E-state index contributed by atoms with van der Waals surface area (Å²) in [6.07, 6.45) is 3.71. The molecule has 30 heavy (non-hydrogen) atoms. The zero-order valence-electron chi connectivity index (χ0n) is 18.1. The molecule has 0 radical (unpaired) electrons. The second-order valence-corrected chi connectivity index (χ2v) is 9.41. The Balaban J connectivity index is 0.00000256. The largest absolute Gasteiger partial charge is 0.356 e. The van der Waals surface area contributed by atoms with Gasteiger partial charge in [-0.15, -0.1) is 35.3 Å². The van der Waals surface area contributed by atoms with Crippen molar-refractivity contribution in [1.82, 2.24) is 20.1 Å². The van der Waals surface area contributed by atoms with Gasteiger partial charge in [0, 0.05) is 44.5 Å². The van der Waals surface area contributed by atoms with E-state index < -0.39 is 0 Å².